The zero-order chi connectivity index (χ0) is 13.8. The maximum atomic E-state index is 2.34. The highest BCUT2D eigenvalue weighted by Crippen LogP contribution is 2.37. The van der Waals surface area contributed by atoms with Gasteiger partial charge in [0.05, 0.1) is 0 Å². The quantitative estimate of drug-likeness (QED) is 0.282. The van der Waals surface area contributed by atoms with E-state index in [2.05, 4.69) is 72.8 Å². The maximum absolute atomic E-state index is 2.34. The number of fused-ring (bicyclic) bond motifs is 4. The van der Waals surface area contributed by atoms with Crippen LogP contribution in [0.1, 0.15) is 11.1 Å². The van der Waals surface area contributed by atoms with E-state index >= 15 is 0 Å². The smallest absolute Gasteiger partial charge is 0.00635 e. The molecule has 0 aromatic heterocycles. The van der Waals surface area contributed by atoms with E-state index in [9.17, 15) is 0 Å². The molecule has 0 atom stereocenters. The minimum absolute atomic E-state index is 1.03. The van der Waals surface area contributed by atoms with Gasteiger partial charge in [0.15, 0.2) is 0 Å². The van der Waals surface area contributed by atoms with Gasteiger partial charge in [0.25, 0.3) is 0 Å². The molecule has 0 spiro atoms. The molecule has 0 heterocycles. The molecule has 0 saturated carbocycles. The van der Waals surface area contributed by atoms with Crippen LogP contribution in [0.4, 0.5) is 0 Å². The van der Waals surface area contributed by atoms with Crippen LogP contribution in [-0.2, 0) is 6.42 Å². The summed E-state index contributed by atoms with van der Waals surface area (Å²) >= 11 is 0. The van der Waals surface area contributed by atoms with Crippen molar-refractivity contribution < 1.29 is 0 Å². The van der Waals surface area contributed by atoms with Crippen LogP contribution < -0.4 is 0 Å². The number of benzene rings is 4. The lowest BCUT2D eigenvalue weighted by Gasteiger charge is -2.17. The summed E-state index contributed by atoms with van der Waals surface area (Å²) in [7, 11) is 0. The van der Waals surface area contributed by atoms with Crippen molar-refractivity contribution in [1.82, 2.24) is 0 Å². The third-order valence-electron chi connectivity index (χ3n) is 4.62. The molecule has 0 aliphatic heterocycles. The van der Waals surface area contributed by atoms with Crippen molar-refractivity contribution >= 4 is 38.4 Å². The summed E-state index contributed by atoms with van der Waals surface area (Å²) in [6, 6.07) is 22.2. The molecule has 0 bridgehead atoms. The van der Waals surface area contributed by atoms with Gasteiger partial charge in [-0.25, -0.2) is 0 Å². The first-order chi connectivity index (χ1) is 10.4. The van der Waals surface area contributed by atoms with Gasteiger partial charge in [0.2, 0.25) is 0 Å². The van der Waals surface area contributed by atoms with Gasteiger partial charge in [-0.1, -0.05) is 66.7 Å². The van der Waals surface area contributed by atoms with Gasteiger partial charge in [-0.3, -0.25) is 0 Å². The summed E-state index contributed by atoms with van der Waals surface area (Å²) in [5, 5.41) is 8.27. The summed E-state index contributed by atoms with van der Waals surface area (Å²) in [6.07, 6.45) is 5.57. The molecule has 0 radical (unpaired) electrons. The lowest BCUT2D eigenvalue weighted by Crippen LogP contribution is -1.95. The fourth-order valence-corrected chi connectivity index (χ4v) is 3.74. The van der Waals surface area contributed by atoms with Crippen molar-refractivity contribution in [3.05, 3.63) is 77.9 Å². The first-order valence-electron chi connectivity index (χ1n) is 7.44. The van der Waals surface area contributed by atoms with E-state index in [1.54, 1.807) is 0 Å². The Bertz CT molecular complexity index is 1050. The molecule has 4 aromatic carbocycles. The third-order valence-corrected chi connectivity index (χ3v) is 4.62. The van der Waals surface area contributed by atoms with Crippen molar-refractivity contribution in [2.24, 2.45) is 0 Å². The van der Waals surface area contributed by atoms with Gasteiger partial charge in [-0.15, -0.1) is 0 Å². The monoisotopic (exact) mass is 266 g/mol. The standard InChI is InChI=1S/C21H14/c1-2-9-18-14(5-1)11-12-17-13-16-8-3-6-15-7-4-10-19(20(15)16)21(17)18/h1-9,11-13H,10H2. The van der Waals surface area contributed by atoms with E-state index in [1.807, 2.05) is 0 Å². The van der Waals surface area contributed by atoms with E-state index in [4.69, 9.17) is 0 Å². The molecular formula is C21H14. The fourth-order valence-electron chi connectivity index (χ4n) is 3.74. The summed E-state index contributed by atoms with van der Waals surface area (Å²) in [5.74, 6) is 0. The van der Waals surface area contributed by atoms with Crippen molar-refractivity contribution in [2.45, 2.75) is 6.42 Å². The van der Waals surface area contributed by atoms with Crippen LogP contribution in [0.25, 0.3) is 38.4 Å². The fraction of sp³-hybridized carbons (Fsp3) is 0.0476. The molecule has 1 aliphatic rings. The van der Waals surface area contributed by atoms with Gasteiger partial charge in [0.1, 0.15) is 0 Å². The average Bonchev–Trinajstić information content (AvgIpc) is 2.55. The van der Waals surface area contributed by atoms with Crippen molar-refractivity contribution in [1.29, 1.82) is 0 Å². The van der Waals surface area contributed by atoms with Gasteiger partial charge in [-0.2, -0.15) is 0 Å². The minimum Gasteiger partial charge on any atom is -0.0795 e. The number of hydrogen-bond acceptors (Lipinski definition) is 0. The largest absolute Gasteiger partial charge is 0.0795 e. The number of hydrogen-bond donors (Lipinski definition) is 0. The lowest BCUT2D eigenvalue weighted by atomic mass is 9.87. The first kappa shape index (κ1) is 11.1. The Kier molecular flexibility index (Phi) is 2.09. The molecule has 1 aliphatic carbocycles. The van der Waals surface area contributed by atoms with Crippen LogP contribution in [0.15, 0.2) is 66.7 Å². The van der Waals surface area contributed by atoms with Crippen LogP contribution in [0.2, 0.25) is 0 Å². The average molecular weight is 266 g/mol. The Balaban J connectivity index is 2.13. The molecule has 0 heteroatoms. The van der Waals surface area contributed by atoms with Crippen LogP contribution in [0.3, 0.4) is 0 Å². The topological polar surface area (TPSA) is 0 Å². The van der Waals surface area contributed by atoms with E-state index in [0.717, 1.165) is 6.42 Å². The Morgan fingerprint density at radius 2 is 1.48 bits per heavy atom. The van der Waals surface area contributed by atoms with Crippen LogP contribution >= 0.6 is 0 Å². The summed E-state index contributed by atoms with van der Waals surface area (Å²) < 4.78 is 0. The van der Waals surface area contributed by atoms with Crippen molar-refractivity contribution in [2.75, 3.05) is 0 Å². The van der Waals surface area contributed by atoms with Crippen LogP contribution in [0, 0.1) is 0 Å². The third kappa shape index (κ3) is 1.45. The van der Waals surface area contributed by atoms with Gasteiger partial charge in [-0.05, 0) is 55.9 Å². The second kappa shape index (κ2) is 3.95. The Morgan fingerprint density at radius 1 is 0.667 bits per heavy atom. The number of allylic oxidation sites excluding steroid dienone is 1. The zero-order valence-electron chi connectivity index (χ0n) is 11.6. The second-order valence-corrected chi connectivity index (χ2v) is 5.79. The highest BCUT2D eigenvalue weighted by Gasteiger charge is 2.14. The van der Waals surface area contributed by atoms with Crippen LogP contribution in [0.5, 0.6) is 0 Å². The predicted molar refractivity (Wildman–Crippen MR) is 91.7 cm³/mol. The van der Waals surface area contributed by atoms with Crippen LogP contribution in [-0.4, -0.2) is 0 Å². The SMILES string of the molecule is C1=Cc2cccc3cc4ccc5ccccc5c4c(c23)C1. The molecule has 21 heavy (non-hydrogen) atoms. The molecule has 0 saturated heterocycles. The lowest BCUT2D eigenvalue weighted by molar-refractivity contribution is 1.32. The molecule has 0 N–H and O–H groups in total. The Hall–Kier alpha value is -2.60. The summed E-state index contributed by atoms with van der Waals surface area (Å²) in [6.45, 7) is 0. The zero-order valence-corrected chi connectivity index (χ0v) is 11.6. The Labute approximate surface area is 123 Å². The molecule has 98 valence electrons. The molecule has 4 aromatic rings. The van der Waals surface area contributed by atoms with Crippen molar-refractivity contribution in [3.63, 3.8) is 0 Å². The molecule has 0 amide bonds. The first-order valence-corrected chi connectivity index (χ1v) is 7.44. The number of rotatable bonds is 0. The highest BCUT2D eigenvalue weighted by molar-refractivity contribution is 6.16. The predicted octanol–water partition coefficient (Wildman–Crippen LogP) is 5.72. The normalized spacial score (nSPS) is 13.3. The molecule has 0 unspecified atom stereocenters. The maximum Gasteiger partial charge on any atom is -0.00635 e. The summed E-state index contributed by atoms with van der Waals surface area (Å²) in [4.78, 5) is 0. The van der Waals surface area contributed by atoms with E-state index < -0.39 is 0 Å². The van der Waals surface area contributed by atoms with Gasteiger partial charge < -0.3 is 0 Å². The molecular weight excluding hydrogens is 252 g/mol. The Morgan fingerprint density at radius 3 is 2.48 bits per heavy atom. The molecule has 0 fully saturated rings. The van der Waals surface area contributed by atoms with Gasteiger partial charge >= 0.3 is 0 Å². The van der Waals surface area contributed by atoms with Crippen molar-refractivity contribution in [3.8, 4) is 0 Å². The van der Waals surface area contributed by atoms with Gasteiger partial charge in [0, 0.05) is 0 Å². The van der Waals surface area contributed by atoms with E-state index in [-0.39, 0.29) is 0 Å². The summed E-state index contributed by atoms with van der Waals surface area (Å²) in [5.41, 5.74) is 2.83. The molecule has 0 nitrogen and oxygen atoms in total. The molecule has 5 rings (SSSR count). The second-order valence-electron chi connectivity index (χ2n) is 5.79. The minimum atomic E-state index is 1.03. The highest BCUT2D eigenvalue weighted by atomic mass is 14.2. The van der Waals surface area contributed by atoms with E-state index in [1.165, 1.54) is 43.4 Å². The van der Waals surface area contributed by atoms with E-state index in [0.29, 0.717) is 0 Å².